The van der Waals surface area contributed by atoms with Gasteiger partial charge in [0.15, 0.2) is 40.7 Å². The first-order chi connectivity index (χ1) is 18.8. The van der Waals surface area contributed by atoms with E-state index in [1.807, 2.05) is 30.3 Å². The minimum atomic E-state index is -1.36. The number of nitrogens with zero attached hydrogens (tertiary/aromatic N) is 3. The molecule has 2 saturated heterocycles. The molecule has 2 aromatic carbocycles. The molecular weight excluding hydrogens is 512 g/mol. The summed E-state index contributed by atoms with van der Waals surface area (Å²) in [6.45, 7) is 1.70. The molecule has 0 bridgehead atoms. The summed E-state index contributed by atoms with van der Waals surface area (Å²) in [4.78, 5) is 26.9. The normalized spacial score (nSPS) is 23.2. The summed E-state index contributed by atoms with van der Waals surface area (Å²) in [5.41, 5.74) is 0.841. The van der Waals surface area contributed by atoms with Gasteiger partial charge >= 0.3 is 5.82 Å². The zero-order valence-corrected chi connectivity index (χ0v) is 20.9. The number of hydrogen-bond acceptors (Lipinski definition) is 8. The number of ether oxygens (including phenoxy) is 1. The van der Waals surface area contributed by atoms with Crippen LogP contribution in [-0.2, 0) is 16.1 Å². The van der Waals surface area contributed by atoms with Crippen LogP contribution in [0.1, 0.15) is 41.4 Å². The quantitative estimate of drug-likeness (QED) is 0.513. The van der Waals surface area contributed by atoms with Gasteiger partial charge in [-0.3, -0.25) is 9.80 Å². The van der Waals surface area contributed by atoms with E-state index in [4.69, 9.17) is 13.6 Å². The van der Waals surface area contributed by atoms with E-state index in [0.29, 0.717) is 24.9 Å². The molecule has 0 spiro atoms. The topological polar surface area (TPSA) is 109 Å². The van der Waals surface area contributed by atoms with Crippen LogP contribution in [0.15, 0.2) is 78.7 Å². The van der Waals surface area contributed by atoms with Crippen molar-refractivity contribution in [2.24, 2.45) is 5.10 Å². The summed E-state index contributed by atoms with van der Waals surface area (Å²) in [6, 6.07) is 12.2. The molecule has 202 valence electrons. The fourth-order valence-corrected chi connectivity index (χ4v) is 5.79. The van der Waals surface area contributed by atoms with Gasteiger partial charge in [0, 0.05) is 18.0 Å². The maximum absolute atomic E-state index is 15.4. The first-order valence-electron chi connectivity index (χ1n) is 12.6. The predicted molar refractivity (Wildman–Crippen MR) is 133 cm³/mol. The third-order valence-corrected chi connectivity index (χ3v) is 7.51. The van der Waals surface area contributed by atoms with Crippen molar-refractivity contribution in [2.75, 3.05) is 6.54 Å². The lowest BCUT2D eigenvalue weighted by molar-refractivity contribution is -0.136. The summed E-state index contributed by atoms with van der Waals surface area (Å²) < 4.78 is 45.6. The number of piperazine rings is 1. The number of benzene rings is 2. The van der Waals surface area contributed by atoms with Crippen LogP contribution in [0, 0.1) is 18.6 Å². The van der Waals surface area contributed by atoms with Crippen LogP contribution in [-0.4, -0.2) is 51.9 Å². The summed E-state index contributed by atoms with van der Waals surface area (Å²) >= 11 is 0. The van der Waals surface area contributed by atoms with Gasteiger partial charge in [0.05, 0.1) is 18.3 Å². The minimum Gasteiger partial charge on any atom is -0.484 e. The molecule has 0 aliphatic carbocycles. The number of carbonyl (C=O) groups is 1. The number of carbonyl (C=O) groups excluding carboxylic acids is 1. The molecular formula is C28H25F2N3O6. The maximum atomic E-state index is 15.4. The number of aliphatic hydroxyl groups is 1. The molecule has 1 unspecified atom stereocenters. The lowest BCUT2D eigenvalue weighted by Gasteiger charge is -2.48. The van der Waals surface area contributed by atoms with E-state index in [9.17, 15) is 19.1 Å². The summed E-state index contributed by atoms with van der Waals surface area (Å²) in [5, 5.41) is 16.7. The molecule has 6 rings (SSSR count). The van der Waals surface area contributed by atoms with Crippen molar-refractivity contribution in [2.45, 2.75) is 50.5 Å². The van der Waals surface area contributed by atoms with E-state index in [0.717, 1.165) is 6.07 Å². The van der Waals surface area contributed by atoms with Gasteiger partial charge in [-0.25, -0.2) is 13.6 Å². The molecule has 0 radical (unpaired) electrons. The average Bonchev–Trinajstić information content (AvgIpc) is 3.54. The molecule has 3 aliphatic rings. The second-order valence-electron chi connectivity index (χ2n) is 9.72. The molecule has 3 aromatic rings. The first-order valence-corrected chi connectivity index (χ1v) is 12.6. The summed E-state index contributed by atoms with van der Waals surface area (Å²) in [6.07, 6.45) is 1.21. The fourth-order valence-electron chi connectivity index (χ4n) is 5.79. The third-order valence-electron chi connectivity index (χ3n) is 7.51. The molecule has 3 aliphatic heterocycles. The van der Waals surface area contributed by atoms with Crippen molar-refractivity contribution in [3.05, 3.63) is 105 Å². The van der Waals surface area contributed by atoms with E-state index >= 15 is 4.39 Å². The Labute approximate surface area is 221 Å². The van der Waals surface area contributed by atoms with Crippen LogP contribution < -0.4 is 5.82 Å². The molecule has 0 saturated carbocycles. The van der Waals surface area contributed by atoms with Gasteiger partial charge < -0.3 is 23.6 Å². The number of rotatable bonds is 6. The van der Waals surface area contributed by atoms with Gasteiger partial charge in [-0.2, -0.15) is 5.10 Å². The molecule has 1 amide bonds. The Morgan fingerprint density at radius 3 is 2.67 bits per heavy atom. The molecule has 1 aromatic heterocycles. The number of aliphatic hydroxyl groups excluding tert-OH is 1. The van der Waals surface area contributed by atoms with Crippen LogP contribution >= 0.6 is 0 Å². The highest BCUT2D eigenvalue weighted by Crippen LogP contribution is 2.45. The number of aryl methyl sites for hydroxylation is 1. The molecule has 4 atom stereocenters. The lowest BCUT2D eigenvalue weighted by atomic mass is 9.79. The van der Waals surface area contributed by atoms with E-state index in [-0.39, 0.29) is 41.2 Å². The number of hydrazone groups is 1. The second kappa shape index (κ2) is 9.81. The van der Waals surface area contributed by atoms with Crippen LogP contribution in [0.2, 0.25) is 0 Å². The number of halogens is 2. The van der Waals surface area contributed by atoms with Gasteiger partial charge in [0.25, 0.3) is 5.91 Å². The molecule has 9 nitrogen and oxygen atoms in total. The Kier molecular flexibility index (Phi) is 6.30. The van der Waals surface area contributed by atoms with E-state index in [1.54, 1.807) is 11.0 Å². The maximum Gasteiger partial charge on any atom is 0.519 e. The van der Waals surface area contributed by atoms with Crippen molar-refractivity contribution >= 4 is 12.1 Å². The van der Waals surface area contributed by atoms with Crippen molar-refractivity contribution in [3.63, 3.8) is 0 Å². The summed E-state index contributed by atoms with van der Waals surface area (Å²) in [5.74, 6) is -3.72. The van der Waals surface area contributed by atoms with Crippen LogP contribution in [0.4, 0.5) is 8.78 Å². The molecule has 39 heavy (non-hydrogen) atoms. The molecule has 2 fully saturated rings. The minimum absolute atomic E-state index is 0.00520. The SMILES string of the molecule is Cc1oc(=O)oc1COC1=C2C(=O)N3CCC[C@@H]3[C@H]([C@H](c3ccccc3)c3cccc(F)c3F)N2N=CC1O. The van der Waals surface area contributed by atoms with Crippen molar-refractivity contribution in [1.29, 1.82) is 0 Å². The Morgan fingerprint density at radius 2 is 1.92 bits per heavy atom. The third kappa shape index (κ3) is 4.22. The van der Waals surface area contributed by atoms with Gasteiger partial charge in [-0.05, 0) is 31.4 Å². The standard InChI is InChI=1S/C28H25F2N3O6/c1-15-21(39-28(36)38-15)14-37-26-20(34)13-31-33-24(19-11-6-12-32(19)27(35)25(26)33)22(16-7-3-2-4-8-16)17-9-5-10-18(29)23(17)30/h2-5,7-10,13,19-20,22,24,34H,6,11-12,14H2,1H3/t19-,20?,22-,24-/m1/s1. The number of fused-ring (bicyclic) bond motifs is 2. The van der Waals surface area contributed by atoms with Crippen molar-refractivity contribution in [1.82, 2.24) is 9.91 Å². The van der Waals surface area contributed by atoms with Crippen molar-refractivity contribution in [3.8, 4) is 0 Å². The van der Waals surface area contributed by atoms with E-state index < -0.39 is 41.4 Å². The Hall–Kier alpha value is -4.25. The van der Waals surface area contributed by atoms with Crippen LogP contribution in [0.5, 0.6) is 0 Å². The Morgan fingerprint density at radius 1 is 1.13 bits per heavy atom. The highest BCUT2D eigenvalue weighted by atomic mass is 19.2. The van der Waals surface area contributed by atoms with Crippen LogP contribution in [0.25, 0.3) is 0 Å². The van der Waals surface area contributed by atoms with Crippen molar-refractivity contribution < 1.29 is 32.3 Å². The predicted octanol–water partition coefficient (Wildman–Crippen LogP) is 3.42. The van der Waals surface area contributed by atoms with Gasteiger partial charge in [-0.15, -0.1) is 0 Å². The Bertz CT molecular complexity index is 1530. The van der Waals surface area contributed by atoms with Gasteiger partial charge in [0.2, 0.25) is 0 Å². The largest absolute Gasteiger partial charge is 0.519 e. The molecule has 4 heterocycles. The summed E-state index contributed by atoms with van der Waals surface area (Å²) in [7, 11) is 0. The second-order valence-corrected chi connectivity index (χ2v) is 9.72. The smallest absolute Gasteiger partial charge is 0.484 e. The zero-order valence-electron chi connectivity index (χ0n) is 20.9. The van der Waals surface area contributed by atoms with Gasteiger partial charge in [0.1, 0.15) is 6.61 Å². The number of amides is 1. The zero-order chi connectivity index (χ0) is 27.3. The highest BCUT2D eigenvalue weighted by Gasteiger charge is 2.53. The lowest BCUT2D eigenvalue weighted by Crippen LogP contribution is -2.60. The van der Waals surface area contributed by atoms with Crippen LogP contribution in [0.3, 0.4) is 0 Å². The van der Waals surface area contributed by atoms with Gasteiger partial charge in [-0.1, -0.05) is 42.5 Å². The molecule has 11 heteroatoms. The Balaban J connectivity index is 1.50. The monoisotopic (exact) mass is 537 g/mol. The number of hydrogen-bond donors (Lipinski definition) is 1. The fraction of sp³-hybridized carbons (Fsp3) is 0.321. The first kappa shape index (κ1) is 25.1. The average molecular weight is 538 g/mol. The van der Waals surface area contributed by atoms with E-state index in [2.05, 4.69) is 5.10 Å². The van der Waals surface area contributed by atoms with E-state index in [1.165, 1.54) is 24.2 Å². The highest BCUT2D eigenvalue weighted by molar-refractivity contribution is 5.96. The molecule has 1 N–H and O–H groups in total.